The molecule has 28 heavy (non-hydrogen) atoms. The van der Waals surface area contributed by atoms with Gasteiger partial charge in [-0.2, -0.15) is 0 Å². The lowest BCUT2D eigenvalue weighted by Gasteiger charge is -2.18. The third-order valence-corrected chi connectivity index (χ3v) is 3.87. The summed E-state index contributed by atoms with van der Waals surface area (Å²) in [6.45, 7) is 1.83. The van der Waals surface area contributed by atoms with E-state index in [2.05, 4.69) is 10.3 Å². The van der Waals surface area contributed by atoms with Gasteiger partial charge in [-0.1, -0.05) is 28.5 Å². The van der Waals surface area contributed by atoms with E-state index in [0.717, 1.165) is 5.56 Å². The van der Waals surface area contributed by atoms with E-state index in [1.54, 1.807) is 32.2 Å². The highest BCUT2D eigenvalue weighted by molar-refractivity contribution is 6.47. The first-order chi connectivity index (χ1) is 13.5. The number of ether oxygens (including phenoxy) is 1. The van der Waals surface area contributed by atoms with E-state index < -0.39 is 6.09 Å². The van der Waals surface area contributed by atoms with Crippen LogP contribution in [0.2, 0.25) is 0 Å². The maximum Gasteiger partial charge on any atom is 0.413 e. The van der Waals surface area contributed by atoms with Crippen LogP contribution in [0.3, 0.4) is 0 Å². The van der Waals surface area contributed by atoms with Gasteiger partial charge in [-0.15, -0.1) is 0 Å². The summed E-state index contributed by atoms with van der Waals surface area (Å²) in [6.07, 6.45) is -0.488. The van der Waals surface area contributed by atoms with Crippen LogP contribution in [0.5, 0.6) is 0 Å². The van der Waals surface area contributed by atoms with Crippen LogP contribution in [0.25, 0.3) is 0 Å². The molecular weight excluding hydrogens is 365 g/mol. The van der Waals surface area contributed by atoms with Crippen molar-refractivity contribution in [1.29, 1.82) is 0 Å². The van der Waals surface area contributed by atoms with E-state index in [1.807, 2.05) is 18.2 Å². The molecular formula is C20H22FN3O4. The van der Waals surface area contributed by atoms with Gasteiger partial charge in [0, 0.05) is 18.2 Å². The number of amides is 1. The van der Waals surface area contributed by atoms with E-state index in [1.165, 1.54) is 31.3 Å². The Morgan fingerprint density at radius 2 is 1.75 bits per heavy atom. The van der Waals surface area contributed by atoms with Gasteiger partial charge in [0.15, 0.2) is 0 Å². The fraction of sp³-hybridized carbons (Fsp3) is 0.250. The summed E-state index contributed by atoms with van der Waals surface area (Å²) in [4.78, 5) is 23.5. The van der Waals surface area contributed by atoms with E-state index in [9.17, 15) is 9.18 Å². The molecule has 0 aliphatic heterocycles. The average Bonchev–Trinajstić information content (AvgIpc) is 2.72. The number of methoxy groups -OCH3 is 1. The monoisotopic (exact) mass is 387 g/mol. The molecule has 0 saturated carbocycles. The van der Waals surface area contributed by atoms with Crippen molar-refractivity contribution in [2.45, 2.75) is 13.5 Å². The van der Waals surface area contributed by atoms with Gasteiger partial charge >= 0.3 is 6.09 Å². The molecule has 0 aromatic heterocycles. The Kier molecular flexibility index (Phi) is 7.50. The van der Waals surface area contributed by atoms with Crippen molar-refractivity contribution in [3.05, 3.63) is 65.5 Å². The van der Waals surface area contributed by atoms with Gasteiger partial charge in [0.05, 0.1) is 12.8 Å². The molecule has 0 saturated heterocycles. The van der Waals surface area contributed by atoms with Gasteiger partial charge in [0.1, 0.15) is 31.0 Å². The largest absolute Gasteiger partial charge is 0.452 e. The number of benzene rings is 2. The minimum absolute atomic E-state index is 0.124. The number of hydrogen-bond donors (Lipinski definition) is 0. The Bertz CT molecular complexity index is 866. The van der Waals surface area contributed by atoms with Crippen molar-refractivity contribution < 1.29 is 23.6 Å². The van der Waals surface area contributed by atoms with Gasteiger partial charge in [-0.25, -0.2) is 9.18 Å². The second kappa shape index (κ2) is 10.1. The van der Waals surface area contributed by atoms with E-state index in [0.29, 0.717) is 22.7 Å². The zero-order chi connectivity index (χ0) is 20.5. The summed E-state index contributed by atoms with van der Waals surface area (Å²) in [5, 5.41) is 8.02. The molecule has 0 N–H and O–H groups in total. The van der Waals surface area contributed by atoms with Crippen LogP contribution in [0.1, 0.15) is 18.1 Å². The molecule has 7 nitrogen and oxygen atoms in total. The van der Waals surface area contributed by atoms with Crippen molar-refractivity contribution in [3.63, 3.8) is 0 Å². The summed E-state index contributed by atoms with van der Waals surface area (Å²) in [6, 6.07) is 13.1. The predicted octanol–water partition coefficient (Wildman–Crippen LogP) is 3.97. The number of halogens is 1. The molecule has 2 rings (SSSR count). The second-order valence-electron chi connectivity index (χ2n) is 5.74. The van der Waals surface area contributed by atoms with Crippen LogP contribution in [0, 0.1) is 5.82 Å². The van der Waals surface area contributed by atoms with Crippen LogP contribution in [-0.4, -0.2) is 38.8 Å². The van der Waals surface area contributed by atoms with Crippen LogP contribution in [-0.2, 0) is 21.0 Å². The highest BCUT2D eigenvalue weighted by Crippen LogP contribution is 2.21. The molecule has 8 heteroatoms. The Morgan fingerprint density at radius 3 is 2.39 bits per heavy atom. The van der Waals surface area contributed by atoms with Crippen LogP contribution < -0.4 is 4.90 Å². The maximum atomic E-state index is 13.1. The number of hydrogen-bond acceptors (Lipinski definition) is 6. The second-order valence-corrected chi connectivity index (χ2v) is 5.74. The lowest BCUT2D eigenvalue weighted by Crippen LogP contribution is -2.26. The van der Waals surface area contributed by atoms with Gasteiger partial charge in [0.25, 0.3) is 0 Å². The van der Waals surface area contributed by atoms with Crippen molar-refractivity contribution in [2.24, 2.45) is 10.3 Å². The molecule has 0 aliphatic rings. The molecule has 0 unspecified atom stereocenters. The number of oxime groups is 2. The van der Waals surface area contributed by atoms with Crippen molar-refractivity contribution in [1.82, 2.24) is 0 Å². The van der Waals surface area contributed by atoms with Gasteiger partial charge in [-0.05, 0) is 37.3 Å². The van der Waals surface area contributed by atoms with Gasteiger partial charge in [-0.3, -0.25) is 4.90 Å². The highest BCUT2D eigenvalue weighted by atomic mass is 19.1. The first-order valence-electron chi connectivity index (χ1n) is 8.41. The Hall–Kier alpha value is -3.42. The van der Waals surface area contributed by atoms with Crippen molar-refractivity contribution in [3.8, 4) is 0 Å². The quantitative estimate of drug-likeness (QED) is 0.532. The summed E-state index contributed by atoms with van der Waals surface area (Å²) >= 11 is 0. The minimum Gasteiger partial charge on any atom is -0.452 e. The third kappa shape index (κ3) is 5.29. The highest BCUT2D eigenvalue weighted by Gasteiger charge is 2.15. The number of nitrogens with zero attached hydrogens (tertiary/aromatic N) is 3. The maximum absolute atomic E-state index is 13.1. The van der Waals surface area contributed by atoms with Crippen molar-refractivity contribution >= 4 is 23.2 Å². The minimum atomic E-state index is -0.488. The molecule has 2 aromatic rings. The average molecular weight is 387 g/mol. The van der Waals surface area contributed by atoms with Crippen molar-refractivity contribution in [2.75, 3.05) is 26.2 Å². The topological polar surface area (TPSA) is 72.7 Å². The first kappa shape index (κ1) is 20.9. The summed E-state index contributed by atoms with van der Waals surface area (Å²) in [5.74, 6) is -0.349. The molecule has 2 aromatic carbocycles. The normalized spacial score (nSPS) is 11.8. The molecule has 1 amide bonds. The van der Waals surface area contributed by atoms with E-state index >= 15 is 0 Å². The molecule has 0 spiro atoms. The smallest absolute Gasteiger partial charge is 0.413 e. The van der Waals surface area contributed by atoms with Crippen LogP contribution >= 0.6 is 0 Å². The Balaban J connectivity index is 2.16. The molecule has 0 aliphatic carbocycles. The summed E-state index contributed by atoms with van der Waals surface area (Å²) in [7, 11) is 4.34. The van der Waals surface area contributed by atoms with E-state index in [4.69, 9.17) is 14.4 Å². The SMILES string of the molecule is CO/N=C(\C(C)=N\OCc1ccccc1N(C)C(=O)OC)c1ccc(F)cc1. The fourth-order valence-corrected chi connectivity index (χ4v) is 2.46. The third-order valence-electron chi connectivity index (χ3n) is 3.87. The lowest BCUT2D eigenvalue weighted by molar-refractivity contribution is 0.131. The lowest BCUT2D eigenvalue weighted by atomic mass is 10.1. The summed E-state index contributed by atoms with van der Waals surface area (Å²) in [5.41, 5.74) is 2.90. The standard InChI is InChI=1S/C20H22FN3O4/c1-14(19(23-27-4)15-9-11-17(21)12-10-15)22-28-13-16-7-5-6-8-18(16)24(2)20(25)26-3/h5-12H,13H2,1-4H3/b22-14+,23-19+. The van der Waals surface area contributed by atoms with Crippen LogP contribution in [0.15, 0.2) is 58.8 Å². The number of para-hydroxylation sites is 1. The summed E-state index contributed by atoms with van der Waals surface area (Å²) < 4.78 is 17.9. The van der Waals surface area contributed by atoms with Gasteiger partial charge in [0.2, 0.25) is 0 Å². The molecule has 0 fully saturated rings. The number of carbonyl (C=O) groups is 1. The number of anilines is 1. The molecule has 148 valence electrons. The van der Waals surface area contributed by atoms with E-state index in [-0.39, 0.29) is 12.4 Å². The predicted molar refractivity (Wildman–Crippen MR) is 105 cm³/mol. The van der Waals surface area contributed by atoms with Crippen LogP contribution in [0.4, 0.5) is 14.9 Å². The zero-order valence-electron chi connectivity index (χ0n) is 16.2. The van der Waals surface area contributed by atoms with Gasteiger partial charge < -0.3 is 14.4 Å². The first-order valence-corrected chi connectivity index (χ1v) is 8.41. The molecule has 0 bridgehead atoms. The number of rotatable bonds is 7. The molecule has 0 radical (unpaired) electrons. The molecule has 0 atom stereocenters. The zero-order valence-corrected chi connectivity index (χ0v) is 16.2. The Morgan fingerprint density at radius 1 is 1.07 bits per heavy atom. The number of carbonyl (C=O) groups excluding carboxylic acids is 1. The fourth-order valence-electron chi connectivity index (χ4n) is 2.46. The molecule has 0 heterocycles. The Labute approximate surface area is 163 Å².